The SMILES string of the molecule is Cc1cc(C)[nH]n1.Cc1cc(C)[nH]n1.O=C(O)c1cc(N=Nc2ccccc2)ccc1O.O=C(O)c1cc(N=Nc2ccccc2)ccc1O. The Morgan fingerprint density at radius 2 is 0.840 bits per heavy atom. The third-order valence-corrected chi connectivity index (χ3v) is 6.16. The Morgan fingerprint density at radius 1 is 0.500 bits per heavy atom. The van der Waals surface area contributed by atoms with Gasteiger partial charge in [0.25, 0.3) is 0 Å². The lowest BCUT2D eigenvalue weighted by atomic mass is 10.2. The van der Waals surface area contributed by atoms with E-state index in [4.69, 9.17) is 10.2 Å². The maximum Gasteiger partial charge on any atom is 0.339 e. The number of azo groups is 2. The number of H-pyrrole nitrogens is 2. The Hall–Kier alpha value is -6.96. The highest BCUT2D eigenvalue weighted by molar-refractivity contribution is 5.92. The molecule has 2 heterocycles. The number of carbonyl (C=O) groups is 2. The van der Waals surface area contributed by atoms with Gasteiger partial charge in [0.2, 0.25) is 0 Å². The molecule has 0 aliphatic heterocycles. The number of hydrogen-bond acceptors (Lipinski definition) is 10. The zero-order chi connectivity index (χ0) is 36.5. The van der Waals surface area contributed by atoms with E-state index in [0.717, 1.165) is 22.8 Å². The summed E-state index contributed by atoms with van der Waals surface area (Å²) in [5, 5.41) is 65.5. The van der Waals surface area contributed by atoms with Gasteiger partial charge in [0, 0.05) is 11.4 Å². The summed E-state index contributed by atoms with van der Waals surface area (Å²) in [4.78, 5) is 21.6. The summed E-state index contributed by atoms with van der Waals surface area (Å²) in [5.74, 6) is -2.99. The molecule has 0 fully saturated rings. The molecule has 0 bridgehead atoms. The van der Waals surface area contributed by atoms with Crippen LogP contribution in [-0.4, -0.2) is 52.8 Å². The summed E-state index contributed by atoms with van der Waals surface area (Å²) in [6.07, 6.45) is 0. The Bertz CT molecular complexity index is 1860. The molecule has 0 amide bonds. The summed E-state index contributed by atoms with van der Waals surface area (Å²) in [6, 6.07) is 30.2. The Kier molecular flexibility index (Phi) is 14.3. The van der Waals surface area contributed by atoms with Gasteiger partial charge < -0.3 is 20.4 Å². The van der Waals surface area contributed by atoms with Gasteiger partial charge in [-0.1, -0.05) is 36.4 Å². The lowest BCUT2D eigenvalue weighted by Crippen LogP contribution is -1.95. The van der Waals surface area contributed by atoms with E-state index in [9.17, 15) is 19.8 Å². The van der Waals surface area contributed by atoms with Crippen molar-refractivity contribution < 1.29 is 30.0 Å². The van der Waals surface area contributed by atoms with Crippen molar-refractivity contribution in [1.82, 2.24) is 20.4 Å². The normalized spacial score (nSPS) is 10.3. The molecule has 0 aliphatic carbocycles. The van der Waals surface area contributed by atoms with Crippen molar-refractivity contribution in [2.75, 3.05) is 0 Å². The van der Waals surface area contributed by atoms with E-state index in [0.29, 0.717) is 22.7 Å². The molecule has 0 atom stereocenters. The molecule has 2 aromatic heterocycles. The number of aromatic hydroxyl groups is 2. The number of aromatic carboxylic acids is 2. The summed E-state index contributed by atoms with van der Waals surface area (Å²) in [7, 11) is 0. The van der Waals surface area contributed by atoms with Crippen LogP contribution in [0.4, 0.5) is 22.7 Å². The molecule has 6 rings (SSSR count). The first kappa shape index (κ1) is 37.5. The van der Waals surface area contributed by atoms with Crippen LogP contribution in [0.3, 0.4) is 0 Å². The number of nitrogens with one attached hydrogen (secondary N) is 2. The molecule has 6 N–H and O–H groups in total. The van der Waals surface area contributed by atoms with Crippen molar-refractivity contribution in [2.45, 2.75) is 27.7 Å². The van der Waals surface area contributed by atoms with Gasteiger partial charge >= 0.3 is 11.9 Å². The van der Waals surface area contributed by atoms with Crippen molar-refractivity contribution in [3.63, 3.8) is 0 Å². The highest BCUT2D eigenvalue weighted by Crippen LogP contribution is 2.26. The Balaban J connectivity index is 0.000000197. The van der Waals surface area contributed by atoms with E-state index >= 15 is 0 Å². The van der Waals surface area contributed by atoms with Crippen molar-refractivity contribution >= 4 is 34.7 Å². The molecule has 0 radical (unpaired) electrons. The predicted octanol–water partition coefficient (Wildman–Crippen LogP) is 9.06. The van der Waals surface area contributed by atoms with Gasteiger partial charge in [-0.3, -0.25) is 10.2 Å². The monoisotopic (exact) mass is 676 g/mol. The zero-order valence-electron chi connectivity index (χ0n) is 27.7. The number of rotatable bonds is 6. The predicted molar refractivity (Wildman–Crippen MR) is 187 cm³/mol. The standard InChI is InChI=1S/2C13H10N2O3.2C5H8N2/c2*16-12-7-6-10(8-11(12)13(17)18)15-14-9-4-2-1-3-5-9;2*1-4-3-5(2)7-6-4/h2*1-8,16H,(H,17,18);2*3H,1-2H3,(H,6,7). The van der Waals surface area contributed by atoms with Crippen LogP contribution in [0.1, 0.15) is 43.5 Å². The van der Waals surface area contributed by atoms with Crippen LogP contribution in [-0.2, 0) is 0 Å². The van der Waals surface area contributed by atoms with Crippen LogP contribution in [0.15, 0.2) is 130 Å². The highest BCUT2D eigenvalue weighted by atomic mass is 16.4. The van der Waals surface area contributed by atoms with Gasteiger partial charge in [-0.2, -0.15) is 30.7 Å². The number of phenols is 2. The first-order valence-corrected chi connectivity index (χ1v) is 14.9. The van der Waals surface area contributed by atoms with Gasteiger partial charge in [-0.15, -0.1) is 0 Å². The van der Waals surface area contributed by atoms with Crippen molar-refractivity contribution in [2.24, 2.45) is 20.5 Å². The lowest BCUT2D eigenvalue weighted by molar-refractivity contribution is 0.0682. The fourth-order valence-electron chi connectivity index (χ4n) is 3.84. The van der Waals surface area contributed by atoms with Gasteiger partial charge in [-0.05, 0) is 100 Å². The molecule has 50 heavy (non-hydrogen) atoms. The van der Waals surface area contributed by atoms with Crippen molar-refractivity contribution in [1.29, 1.82) is 0 Å². The minimum atomic E-state index is -1.20. The minimum absolute atomic E-state index is 0.195. The second-order valence-electron chi connectivity index (χ2n) is 10.5. The second-order valence-corrected chi connectivity index (χ2v) is 10.5. The molecule has 6 aromatic rings. The molecule has 14 heteroatoms. The molecule has 0 saturated carbocycles. The smallest absolute Gasteiger partial charge is 0.339 e. The van der Waals surface area contributed by atoms with E-state index < -0.39 is 11.9 Å². The van der Waals surface area contributed by atoms with Gasteiger partial charge in [0.1, 0.15) is 22.6 Å². The van der Waals surface area contributed by atoms with Gasteiger partial charge in [0.15, 0.2) is 0 Å². The quantitative estimate of drug-likeness (QED) is 0.0931. The fourth-order valence-corrected chi connectivity index (χ4v) is 3.84. The highest BCUT2D eigenvalue weighted by Gasteiger charge is 2.10. The van der Waals surface area contributed by atoms with Crippen LogP contribution >= 0.6 is 0 Å². The van der Waals surface area contributed by atoms with E-state index in [1.54, 1.807) is 24.3 Å². The largest absolute Gasteiger partial charge is 0.507 e. The maximum atomic E-state index is 10.8. The molecule has 4 aromatic carbocycles. The number of benzene rings is 4. The van der Waals surface area contributed by atoms with Gasteiger partial charge in [0.05, 0.1) is 34.1 Å². The topological polar surface area (TPSA) is 222 Å². The van der Waals surface area contributed by atoms with Gasteiger partial charge in [-0.25, -0.2) is 9.59 Å². The number of aryl methyl sites for hydroxylation is 4. The summed E-state index contributed by atoms with van der Waals surface area (Å²) >= 11 is 0. The molecule has 256 valence electrons. The van der Waals surface area contributed by atoms with E-state index in [1.807, 2.05) is 76.2 Å². The molecule has 0 spiro atoms. The van der Waals surface area contributed by atoms with E-state index in [1.165, 1.54) is 36.4 Å². The van der Waals surface area contributed by atoms with Crippen molar-refractivity contribution in [3.05, 3.63) is 143 Å². The number of hydrogen-bond donors (Lipinski definition) is 6. The average molecular weight is 677 g/mol. The molecule has 0 unspecified atom stereocenters. The van der Waals surface area contributed by atoms with E-state index in [2.05, 4.69) is 40.9 Å². The Labute approximate surface area is 287 Å². The number of aromatic amines is 2. The third kappa shape index (κ3) is 13.0. The van der Waals surface area contributed by atoms with Crippen LogP contribution in [0.25, 0.3) is 0 Å². The van der Waals surface area contributed by atoms with E-state index in [-0.39, 0.29) is 22.6 Å². The zero-order valence-corrected chi connectivity index (χ0v) is 27.7. The molecule has 14 nitrogen and oxygen atoms in total. The fraction of sp³-hybridized carbons (Fsp3) is 0.111. The van der Waals surface area contributed by atoms with Crippen LogP contribution in [0.2, 0.25) is 0 Å². The molecule has 0 aliphatic rings. The third-order valence-electron chi connectivity index (χ3n) is 6.16. The van der Waals surface area contributed by atoms with Crippen molar-refractivity contribution in [3.8, 4) is 11.5 Å². The number of carboxylic acid groups (broad SMARTS) is 2. The molecular formula is C36H36N8O6. The summed E-state index contributed by atoms with van der Waals surface area (Å²) in [5.41, 5.74) is 6.04. The minimum Gasteiger partial charge on any atom is -0.507 e. The first-order chi connectivity index (χ1) is 23.9. The lowest BCUT2D eigenvalue weighted by Gasteiger charge is -1.99. The second kappa shape index (κ2) is 19.0. The molecular weight excluding hydrogens is 640 g/mol. The maximum absolute atomic E-state index is 10.8. The number of nitrogens with zero attached hydrogens (tertiary/aromatic N) is 6. The first-order valence-electron chi connectivity index (χ1n) is 14.9. The summed E-state index contributed by atoms with van der Waals surface area (Å²) in [6.45, 7) is 7.90. The van der Waals surface area contributed by atoms with Crippen LogP contribution in [0.5, 0.6) is 11.5 Å². The molecule has 0 saturated heterocycles. The Morgan fingerprint density at radius 3 is 1.10 bits per heavy atom. The summed E-state index contributed by atoms with van der Waals surface area (Å²) < 4.78 is 0. The number of carboxylic acids is 2. The van der Waals surface area contributed by atoms with Crippen LogP contribution in [0, 0.1) is 27.7 Å². The average Bonchev–Trinajstić information content (AvgIpc) is 3.69. The number of aromatic nitrogens is 4. The van der Waals surface area contributed by atoms with Crippen LogP contribution < -0.4 is 0 Å².